The average molecular weight is 481 g/mol. The number of tetrazole rings is 1. The minimum Gasteiger partial charge on any atom is -0.371 e. The van der Waals surface area contributed by atoms with Gasteiger partial charge in [0.25, 0.3) is 0 Å². The van der Waals surface area contributed by atoms with Gasteiger partial charge in [0.15, 0.2) is 5.82 Å². The second-order valence-corrected chi connectivity index (χ2v) is 7.93. The number of nitrogens with one attached hydrogen (secondary N) is 1. The second-order valence-electron chi connectivity index (χ2n) is 6.68. The van der Waals surface area contributed by atoms with Crippen LogP contribution >= 0.6 is 22.6 Å². The largest absolute Gasteiger partial charge is 0.371 e. The van der Waals surface area contributed by atoms with Crippen molar-refractivity contribution < 1.29 is 0 Å². The summed E-state index contributed by atoms with van der Waals surface area (Å²) in [5, 5.41) is 16.3. The number of hydrogen-bond acceptors (Lipinski definition) is 4. The summed E-state index contributed by atoms with van der Waals surface area (Å²) >= 11 is 2.31. The molecule has 1 atom stereocenters. The van der Waals surface area contributed by atoms with Gasteiger partial charge in [0.2, 0.25) is 0 Å². The quantitative estimate of drug-likeness (QED) is 0.404. The number of anilines is 1. The van der Waals surface area contributed by atoms with E-state index in [0.29, 0.717) is 0 Å². The molecule has 0 spiro atoms. The maximum Gasteiger partial charge on any atom is 0.183 e. The molecule has 0 aliphatic rings. The van der Waals surface area contributed by atoms with E-state index in [1.54, 1.807) is 0 Å². The molecule has 1 heterocycles. The molecule has 0 amide bonds. The molecule has 0 bridgehead atoms. The normalized spacial score (nSPS) is 12.0. The van der Waals surface area contributed by atoms with Gasteiger partial charge in [-0.25, -0.2) is 0 Å². The summed E-state index contributed by atoms with van der Waals surface area (Å²) in [6, 6.07) is 24.6. The summed E-state index contributed by atoms with van der Waals surface area (Å²) in [6.07, 6.45) is 0. The second kappa shape index (κ2) is 8.10. The molecule has 6 heteroatoms. The van der Waals surface area contributed by atoms with Crippen molar-refractivity contribution in [3.8, 4) is 5.69 Å². The van der Waals surface area contributed by atoms with Crippen LogP contribution in [0.2, 0.25) is 0 Å². The van der Waals surface area contributed by atoms with E-state index < -0.39 is 0 Å². The van der Waals surface area contributed by atoms with Gasteiger partial charge in [-0.1, -0.05) is 48.5 Å². The predicted molar refractivity (Wildman–Crippen MR) is 120 cm³/mol. The van der Waals surface area contributed by atoms with Gasteiger partial charge in [-0.2, -0.15) is 4.68 Å². The van der Waals surface area contributed by atoms with E-state index in [1.165, 1.54) is 3.57 Å². The summed E-state index contributed by atoms with van der Waals surface area (Å²) in [7, 11) is 0. The first-order valence-corrected chi connectivity index (χ1v) is 10.1. The molecule has 5 nitrogen and oxygen atoms in total. The zero-order valence-electron chi connectivity index (χ0n) is 15.7. The van der Waals surface area contributed by atoms with E-state index in [0.717, 1.165) is 33.9 Å². The first-order valence-electron chi connectivity index (χ1n) is 9.05. The number of benzene rings is 3. The average Bonchev–Trinajstić information content (AvgIpc) is 3.17. The Hall–Kier alpha value is -2.74. The van der Waals surface area contributed by atoms with Crippen molar-refractivity contribution >= 4 is 28.3 Å². The molecule has 0 saturated carbocycles. The zero-order valence-corrected chi connectivity index (χ0v) is 17.8. The lowest BCUT2D eigenvalue weighted by Gasteiger charge is -2.21. The molecular formula is C22H20IN5. The summed E-state index contributed by atoms with van der Waals surface area (Å²) in [4.78, 5) is 0. The molecule has 140 valence electrons. The number of nitrogens with zero attached hydrogens (tertiary/aromatic N) is 4. The highest BCUT2D eigenvalue weighted by atomic mass is 127. The number of hydrogen-bond donors (Lipinski definition) is 1. The highest BCUT2D eigenvalue weighted by Crippen LogP contribution is 2.28. The molecule has 4 rings (SSSR count). The molecule has 0 fully saturated rings. The monoisotopic (exact) mass is 481 g/mol. The van der Waals surface area contributed by atoms with Crippen molar-refractivity contribution in [2.75, 3.05) is 5.32 Å². The molecular weight excluding hydrogens is 461 g/mol. The van der Waals surface area contributed by atoms with Crippen LogP contribution in [-0.2, 0) is 0 Å². The Balaban J connectivity index is 1.82. The Bertz CT molecular complexity index is 1050. The topological polar surface area (TPSA) is 55.6 Å². The van der Waals surface area contributed by atoms with Crippen LogP contribution in [0.4, 0.5) is 5.69 Å². The van der Waals surface area contributed by atoms with E-state index in [-0.39, 0.29) is 6.04 Å². The fourth-order valence-electron chi connectivity index (χ4n) is 3.33. The van der Waals surface area contributed by atoms with E-state index >= 15 is 0 Å². The molecule has 28 heavy (non-hydrogen) atoms. The number of halogens is 1. The number of aromatic nitrogens is 4. The van der Waals surface area contributed by atoms with Gasteiger partial charge in [0.1, 0.15) is 6.04 Å². The number of para-hydroxylation sites is 1. The smallest absolute Gasteiger partial charge is 0.183 e. The maximum absolute atomic E-state index is 4.40. The van der Waals surface area contributed by atoms with E-state index in [9.17, 15) is 0 Å². The molecule has 0 aliphatic carbocycles. The summed E-state index contributed by atoms with van der Waals surface area (Å²) < 4.78 is 3.04. The standard InChI is InChI=1S/C22H20IN5/c1-15-7-6-8-16(2)21(15)28-22(25-26-27-28)20(17-9-4-3-5-10-17)24-19-13-11-18(23)12-14-19/h3-14,20,24H,1-2H3/t20-/m1/s1. The van der Waals surface area contributed by atoms with Crippen LogP contribution in [0.1, 0.15) is 28.6 Å². The van der Waals surface area contributed by atoms with Gasteiger partial charge >= 0.3 is 0 Å². The lowest BCUT2D eigenvalue weighted by atomic mass is 10.0. The molecule has 3 aromatic carbocycles. The lowest BCUT2D eigenvalue weighted by Crippen LogP contribution is -2.19. The summed E-state index contributed by atoms with van der Waals surface area (Å²) in [5.74, 6) is 0.752. The van der Waals surface area contributed by atoms with Crippen molar-refractivity contribution in [3.63, 3.8) is 0 Å². The van der Waals surface area contributed by atoms with Gasteiger partial charge in [-0.15, -0.1) is 5.10 Å². The Kier molecular flexibility index (Phi) is 5.38. The first kappa shape index (κ1) is 18.6. The SMILES string of the molecule is Cc1cccc(C)c1-n1nnnc1[C@H](Nc1ccc(I)cc1)c1ccccc1. The highest BCUT2D eigenvalue weighted by molar-refractivity contribution is 14.1. The van der Waals surface area contributed by atoms with Crippen LogP contribution < -0.4 is 5.32 Å². The van der Waals surface area contributed by atoms with Crippen molar-refractivity contribution in [1.82, 2.24) is 20.2 Å². The first-order chi connectivity index (χ1) is 13.6. The zero-order chi connectivity index (χ0) is 19.5. The van der Waals surface area contributed by atoms with Gasteiger partial charge in [-0.3, -0.25) is 0 Å². The van der Waals surface area contributed by atoms with Gasteiger partial charge in [-0.05, 0) is 87.8 Å². The van der Waals surface area contributed by atoms with Crippen LogP contribution in [0.3, 0.4) is 0 Å². The van der Waals surface area contributed by atoms with Crippen LogP contribution in [0.15, 0.2) is 72.8 Å². The fraction of sp³-hybridized carbons (Fsp3) is 0.136. The minimum atomic E-state index is -0.185. The predicted octanol–water partition coefficient (Wildman–Crippen LogP) is 5.09. The maximum atomic E-state index is 4.40. The third kappa shape index (κ3) is 3.77. The Morgan fingerprint density at radius 3 is 2.21 bits per heavy atom. The number of rotatable bonds is 5. The van der Waals surface area contributed by atoms with Crippen molar-refractivity contribution in [1.29, 1.82) is 0 Å². The van der Waals surface area contributed by atoms with E-state index in [4.69, 9.17) is 0 Å². The van der Waals surface area contributed by atoms with Crippen molar-refractivity contribution in [3.05, 3.63) is 98.9 Å². The third-order valence-corrected chi connectivity index (χ3v) is 5.41. The molecule has 0 aliphatic heterocycles. The third-order valence-electron chi connectivity index (χ3n) is 4.69. The van der Waals surface area contributed by atoms with Gasteiger partial charge in [0.05, 0.1) is 5.69 Å². The van der Waals surface area contributed by atoms with Crippen LogP contribution in [0.5, 0.6) is 0 Å². The fourth-order valence-corrected chi connectivity index (χ4v) is 3.69. The molecule has 0 radical (unpaired) electrons. The van der Waals surface area contributed by atoms with E-state index in [2.05, 4.69) is 112 Å². The number of aryl methyl sites for hydroxylation is 2. The summed E-state index contributed by atoms with van der Waals surface area (Å²) in [6.45, 7) is 4.16. The van der Waals surface area contributed by atoms with Crippen LogP contribution in [0, 0.1) is 17.4 Å². The van der Waals surface area contributed by atoms with Crippen LogP contribution in [0.25, 0.3) is 5.69 Å². The van der Waals surface area contributed by atoms with Gasteiger partial charge < -0.3 is 5.32 Å². The lowest BCUT2D eigenvalue weighted by molar-refractivity contribution is 0.731. The van der Waals surface area contributed by atoms with Crippen LogP contribution in [-0.4, -0.2) is 20.2 Å². The van der Waals surface area contributed by atoms with Gasteiger partial charge in [0, 0.05) is 9.26 Å². The van der Waals surface area contributed by atoms with E-state index in [1.807, 2.05) is 22.9 Å². The highest BCUT2D eigenvalue weighted by Gasteiger charge is 2.23. The molecule has 1 aromatic heterocycles. The Morgan fingerprint density at radius 2 is 1.54 bits per heavy atom. The minimum absolute atomic E-state index is 0.185. The summed E-state index contributed by atoms with van der Waals surface area (Å²) in [5.41, 5.74) is 5.41. The molecule has 0 saturated heterocycles. The van der Waals surface area contributed by atoms with Crippen molar-refractivity contribution in [2.45, 2.75) is 19.9 Å². The van der Waals surface area contributed by atoms with Crippen molar-refractivity contribution in [2.24, 2.45) is 0 Å². The molecule has 4 aromatic rings. The molecule has 0 unspecified atom stereocenters. The Labute approximate surface area is 177 Å². The Morgan fingerprint density at radius 1 is 0.857 bits per heavy atom. The molecule has 1 N–H and O–H groups in total.